The molecule has 4 rings (SSSR count). The molecule has 1 aromatic heterocycles. The van der Waals surface area contributed by atoms with Gasteiger partial charge in [0.15, 0.2) is 9.84 Å². The maximum absolute atomic E-state index is 15.1. The van der Waals surface area contributed by atoms with E-state index in [9.17, 15) is 8.42 Å². The van der Waals surface area contributed by atoms with E-state index in [4.69, 9.17) is 4.74 Å². The SMILES string of the molecule is COc1cccc(S(=O)(=O)CC(F)Cn2c3ccc(Br)cc3c3cc(Br)ccc32)c1. The molecule has 1 atom stereocenters. The summed E-state index contributed by atoms with van der Waals surface area (Å²) in [4.78, 5) is 0.0552. The second-order valence-corrected chi connectivity index (χ2v) is 10.9. The second kappa shape index (κ2) is 8.32. The number of hydrogen-bond donors (Lipinski definition) is 0. The molecule has 0 spiro atoms. The third-order valence-corrected chi connectivity index (χ3v) is 7.73. The molecule has 0 fully saturated rings. The van der Waals surface area contributed by atoms with Crippen LogP contribution in [0.2, 0.25) is 0 Å². The largest absolute Gasteiger partial charge is 0.497 e. The fourth-order valence-corrected chi connectivity index (χ4v) is 5.70. The summed E-state index contributed by atoms with van der Waals surface area (Å²) in [5.74, 6) is -0.181. The molecule has 0 aliphatic carbocycles. The van der Waals surface area contributed by atoms with Crippen LogP contribution in [0.5, 0.6) is 5.75 Å². The predicted octanol–water partition coefficient (Wildman–Crippen LogP) is 6.14. The van der Waals surface area contributed by atoms with Gasteiger partial charge in [-0.2, -0.15) is 0 Å². The van der Waals surface area contributed by atoms with Crippen molar-refractivity contribution < 1.29 is 17.5 Å². The highest BCUT2D eigenvalue weighted by molar-refractivity contribution is 9.10. The predicted molar refractivity (Wildman–Crippen MR) is 125 cm³/mol. The van der Waals surface area contributed by atoms with Gasteiger partial charge in [0.2, 0.25) is 0 Å². The molecule has 30 heavy (non-hydrogen) atoms. The average Bonchev–Trinajstić information content (AvgIpc) is 2.99. The van der Waals surface area contributed by atoms with Crippen molar-refractivity contribution in [3.63, 3.8) is 0 Å². The Morgan fingerprint density at radius 2 is 1.57 bits per heavy atom. The van der Waals surface area contributed by atoms with Crippen molar-refractivity contribution in [2.24, 2.45) is 0 Å². The van der Waals surface area contributed by atoms with E-state index in [2.05, 4.69) is 31.9 Å². The molecule has 0 aliphatic rings. The number of rotatable bonds is 6. The Morgan fingerprint density at radius 3 is 2.13 bits per heavy atom. The van der Waals surface area contributed by atoms with Crippen molar-refractivity contribution in [1.29, 1.82) is 0 Å². The van der Waals surface area contributed by atoms with Crippen LogP contribution in [0.3, 0.4) is 0 Å². The standard InChI is InChI=1S/C22H18Br2FNO3S/c1-29-17-3-2-4-18(11-17)30(27,28)13-16(25)12-26-21-7-5-14(23)9-19(21)20-10-15(24)6-8-22(20)26/h2-11,16H,12-13H2,1H3. The number of halogens is 3. The minimum atomic E-state index is -3.80. The lowest BCUT2D eigenvalue weighted by Crippen LogP contribution is -2.22. The maximum Gasteiger partial charge on any atom is 0.181 e. The van der Waals surface area contributed by atoms with E-state index in [-0.39, 0.29) is 11.4 Å². The molecule has 4 aromatic rings. The first-order valence-electron chi connectivity index (χ1n) is 9.16. The quantitative estimate of drug-likeness (QED) is 0.287. The average molecular weight is 555 g/mol. The Kier molecular flexibility index (Phi) is 5.92. The summed E-state index contributed by atoms with van der Waals surface area (Å²) in [6.45, 7) is -0.0630. The minimum absolute atomic E-state index is 0.0552. The van der Waals surface area contributed by atoms with Gasteiger partial charge >= 0.3 is 0 Å². The van der Waals surface area contributed by atoms with Gasteiger partial charge in [0, 0.05) is 30.8 Å². The summed E-state index contributed by atoms with van der Waals surface area (Å²) in [6, 6.07) is 17.7. The van der Waals surface area contributed by atoms with Gasteiger partial charge in [0.25, 0.3) is 0 Å². The van der Waals surface area contributed by atoms with Crippen LogP contribution >= 0.6 is 31.9 Å². The van der Waals surface area contributed by atoms with Crippen molar-refractivity contribution in [3.8, 4) is 5.75 Å². The Labute approximate surface area is 190 Å². The molecule has 0 saturated carbocycles. The van der Waals surface area contributed by atoms with E-state index in [0.29, 0.717) is 5.75 Å². The van der Waals surface area contributed by atoms with Gasteiger partial charge in [-0.3, -0.25) is 0 Å². The molecule has 4 nitrogen and oxygen atoms in total. The maximum atomic E-state index is 15.1. The first kappa shape index (κ1) is 21.3. The van der Waals surface area contributed by atoms with Crippen LogP contribution in [-0.2, 0) is 16.4 Å². The van der Waals surface area contributed by atoms with Crippen LogP contribution in [0.15, 0.2) is 74.5 Å². The normalized spacial score (nSPS) is 13.1. The number of methoxy groups -OCH3 is 1. The lowest BCUT2D eigenvalue weighted by atomic mass is 10.2. The van der Waals surface area contributed by atoms with E-state index >= 15 is 4.39 Å². The number of fused-ring (bicyclic) bond motifs is 3. The highest BCUT2D eigenvalue weighted by Gasteiger charge is 2.23. The molecular weight excluding hydrogens is 537 g/mol. The van der Waals surface area contributed by atoms with Crippen LogP contribution < -0.4 is 4.74 Å². The van der Waals surface area contributed by atoms with Crippen molar-refractivity contribution in [3.05, 3.63) is 69.6 Å². The molecule has 8 heteroatoms. The number of sulfone groups is 1. The number of hydrogen-bond acceptors (Lipinski definition) is 3. The molecular formula is C22H18Br2FNO3S. The van der Waals surface area contributed by atoms with Crippen molar-refractivity contribution in [1.82, 2.24) is 4.57 Å². The van der Waals surface area contributed by atoms with E-state index in [0.717, 1.165) is 30.8 Å². The Hall–Kier alpha value is -1.90. The van der Waals surface area contributed by atoms with E-state index in [1.807, 2.05) is 41.0 Å². The molecule has 1 unspecified atom stereocenters. The smallest absolute Gasteiger partial charge is 0.181 e. The fourth-order valence-electron chi connectivity index (χ4n) is 3.62. The summed E-state index contributed by atoms with van der Waals surface area (Å²) < 4.78 is 49.3. The van der Waals surface area contributed by atoms with Gasteiger partial charge in [0.1, 0.15) is 11.9 Å². The van der Waals surface area contributed by atoms with Crippen molar-refractivity contribution in [2.75, 3.05) is 12.9 Å². The van der Waals surface area contributed by atoms with Gasteiger partial charge in [-0.05, 0) is 54.6 Å². The third kappa shape index (κ3) is 4.13. The highest BCUT2D eigenvalue weighted by Crippen LogP contribution is 2.33. The zero-order valence-corrected chi connectivity index (χ0v) is 20.0. The van der Waals surface area contributed by atoms with Crippen LogP contribution in [0.4, 0.5) is 4.39 Å². The first-order chi connectivity index (χ1) is 14.3. The second-order valence-electron chi connectivity index (χ2n) is 6.99. The minimum Gasteiger partial charge on any atom is -0.497 e. The lowest BCUT2D eigenvalue weighted by Gasteiger charge is -2.13. The van der Waals surface area contributed by atoms with Crippen LogP contribution in [0, 0.1) is 0 Å². The molecule has 0 saturated heterocycles. The molecule has 3 aromatic carbocycles. The number of benzene rings is 3. The zero-order chi connectivity index (χ0) is 21.5. The van der Waals surface area contributed by atoms with Crippen LogP contribution in [-0.4, -0.2) is 32.0 Å². The Morgan fingerprint density at radius 1 is 0.967 bits per heavy atom. The van der Waals surface area contributed by atoms with E-state index < -0.39 is 21.8 Å². The third-order valence-electron chi connectivity index (χ3n) is 4.97. The van der Waals surface area contributed by atoms with Gasteiger partial charge in [-0.1, -0.05) is 37.9 Å². The highest BCUT2D eigenvalue weighted by atomic mass is 79.9. The summed E-state index contributed by atoms with van der Waals surface area (Å²) in [5, 5.41) is 1.95. The Bertz CT molecular complexity index is 1290. The van der Waals surface area contributed by atoms with Gasteiger partial charge < -0.3 is 9.30 Å². The number of alkyl halides is 1. The summed E-state index contributed by atoms with van der Waals surface area (Å²) >= 11 is 6.98. The molecule has 0 radical (unpaired) electrons. The number of nitrogens with zero attached hydrogens (tertiary/aromatic N) is 1. The van der Waals surface area contributed by atoms with Crippen LogP contribution in [0.1, 0.15) is 0 Å². The molecule has 0 amide bonds. The summed E-state index contributed by atoms with van der Waals surface area (Å²) in [6.07, 6.45) is -1.58. The van der Waals surface area contributed by atoms with E-state index in [1.54, 1.807) is 12.1 Å². The summed E-state index contributed by atoms with van der Waals surface area (Å²) in [5.41, 5.74) is 1.71. The molecule has 1 heterocycles. The number of ether oxygens (including phenoxy) is 1. The molecule has 0 aliphatic heterocycles. The van der Waals surface area contributed by atoms with Gasteiger partial charge in [-0.15, -0.1) is 0 Å². The summed E-state index contributed by atoms with van der Waals surface area (Å²) in [7, 11) is -2.34. The molecule has 156 valence electrons. The van der Waals surface area contributed by atoms with Gasteiger partial charge in [-0.25, -0.2) is 12.8 Å². The molecule has 0 bridgehead atoms. The number of aromatic nitrogens is 1. The fraction of sp³-hybridized carbons (Fsp3) is 0.182. The molecule has 0 N–H and O–H groups in total. The topological polar surface area (TPSA) is 48.3 Å². The zero-order valence-electron chi connectivity index (χ0n) is 16.0. The Balaban J connectivity index is 1.69. The van der Waals surface area contributed by atoms with E-state index in [1.165, 1.54) is 19.2 Å². The van der Waals surface area contributed by atoms with Crippen molar-refractivity contribution >= 4 is 63.5 Å². The van der Waals surface area contributed by atoms with Crippen LogP contribution in [0.25, 0.3) is 21.8 Å². The monoisotopic (exact) mass is 553 g/mol. The van der Waals surface area contributed by atoms with Gasteiger partial charge in [0.05, 0.1) is 24.3 Å². The lowest BCUT2D eigenvalue weighted by molar-refractivity contribution is 0.328. The first-order valence-corrected chi connectivity index (χ1v) is 12.4. The van der Waals surface area contributed by atoms with Crippen molar-refractivity contribution in [2.45, 2.75) is 17.6 Å².